The number of carboxylic acids is 1. The highest BCUT2D eigenvalue weighted by Gasteiger charge is 2.12. The number of carboxylic acid groups (broad SMARTS) is 1. The monoisotopic (exact) mass is 425 g/mol. The molecular weight excluding hydrogens is 402 g/mol. The Bertz CT molecular complexity index is 1000. The van der Waals surface area contributed by atoms with Gasteiger partial charge in [0.25, 0.3) is 0 Å². The number of aliphatic hydroxyl groups is 1. The quantitative estimate of drug-likeness (QED) is 0.437. The Morgan fingerprint density at radius 1 is 1.07 bits per heavy atom. The molecule has 156 valence electrons. The molecule has 30 heavy (non-hydrogen) atoms. The first-order valence-corrected chi connectivity index (χ1v) is 10.0. The topological polar surface area (TPSA) is 78.8 Å². The second-order valence-electron chi connectivity index (χ2n) is 6.94. The van der Waals surface area contributed by atoms with Crippen molar-refractivity contribution in [1.82, 2.24) is 5.32 Å². The number of hydrogen-bond acceptors (Lipinski definition) is 4. The van der Waals surface area contributed by atoms with Gasteiger partial charge in [-0.3, -0.25) is 0 Å². The molecule has 6 heteroatoms. The van der Waals surface area contributed by atoms with Gasteiger partial charge in [-0.2, -0.15) is 0 Å². The van der Waals surface area contributed by atoms with E-state index in [4.69, 9.17) is 16.3 Å². The average molecular weight is 426 g/mol. The number of benzene rings is 3. The molecule has 0 bridgehead atoms. The van der Waals surface area contributed by atoms with Gasteiger partial charge >= 0.3 is 5.97 Å². The van der Waals surface area contributed by atoms with Crippen LogP contribution in [0.3, 0.4) is 0 Å². The van der Waals surface area contributed by atoms with Crippen LogP contribution in [0.4, 0.5) is 0 Å². The van der Waals surface area contributed by atoms with Gasteiger partial charge in [-0.25, -0.2) is 4.79 Å². The van der Waals surface area contributed by atoms with Crippen molar-refractivity contribution >= 4 is 17.6 Å². The zero-order valence-electron chi connectivity index (χ0n) is 16.6. The number of nitrogens with one attached hydrogen (secondary N) is 1. The fourth-order valence-corrected chi connectivity index (χ4v) is 3.41. The molecule has 3 aromatic carbocycles. The lowest BCUT2D eigenvalue weighted by molar-refractivity contribution is 0.0693. The third-order valence-corrected chi connectivity index (χ3v) is 5.12. The summed E-state index contributed by atoms with van der Waals surface area (Å²) in [6.07, 6.45) is 0.221. The van der Waals surface area contributed by atoms with Crippen LogP contribution in [0.2, 0.25) is 5.02 Å². The molecule has 3 rings (SSSR count). The van der Waals surface area contributed by atoms with E-state index in [9.17, 15) is 15.0 Å². The minimum atomic E-state index is -1.01. The predicted octanol–water partition coefficient (Wildman–Crippen LogP) is 4.58. The molecular formula is C24H24ClNO4. The number of carbonyl (C=O) groups is 1. The van der Waals surface area contributed by atoms with Crippen molar-refractivity contribution in [1.29, 1.82) is 0 Å². The van der Waals surface area contributed by atoms with E-state index in [1.165, 1.54) is 7.11 Å². The third kappa shape index (κ3) is 5.60. The number of ether oxygens (including phenoxy) is 1. The van der Waals surface area contributed by atoms with Crippen molar-refractivity contribution in [3.8, 4) is 16.9 Å². The van der Waals surface area contributed by atoms with Gasteiger partial charge in [0.05, 0.1) is 13.2 Å². The number of rotatable bonds is 9. The molecule has 0 spiro atoms. The van der Waals surface area contributed by atoms with Gasteiger partial charge in [-0.05, 0) is 59.5 Å². The second kappa shape index (κ2) is 10.3. The van der Waals surface area contributed by atoms with Crippen molar-refractivity contribution in [3.05, 3.63) is 88.4 Å². The molecule has 0 aliphatic rings. The summed E-state index contributed by atoms with van der Waals surface area (Å²) in [6.45, 7) is 1.19. The molecule has 0 radical (unpaired) electrons. The third-order valence-electron chi connectivity index (χ3n) is 4.88. The van der Waals surface area contributed by atoms with Crippen molar-refractivity contribution in [2.45, 2.75) is 12.5 Å². The maximum atomic E-state index is 11.2. The zero-order valence-corrected chi connectivity index (χ0v) is 17.4. The molecule has 0 saturated carbocycles. The van der Waals surface area contributed by atoms with E-state index in [1.807, 2.05) is 36.4 Å². The van der Waals surface area contributed by atoms with E-state index in [-0.39, 0.29) is 5.56 Å². The van der Waals surface area contributed by atoms with Crippen molar-refractivity contribution in [2.75, 3.05) is 20.2 Å². The van der Waals surface area contributed by atoms with Gasteiger partial charge in [0.15, 0.2) is 0 Å². The first kappa shape index (κ1) is 21.8. The maximum absolute atomic E-state index is 11.2. The molecule has 0 aliphatic heterocycles. The van der Waals surface area contributed by atoms with Crippen LogP contribution in [0.1, 0.15) is 27.6 Å². The molecule has 3 aromatic rings. The fraction of sp³-hybridized carbons (Fsp3) is 0.208. The van der Waals surface area contributed by atoms with E-state index in [1.54, 1.807) is 30.3 Å². The van der Waals surface area contributed by atoms with Crippen LogP contribution >= 0.6 is 11.6 Å². The summed E-state index contributed by atoms with van der Waals surface area (Å²) in [5.74, 6) is -0.673. The molecule has 0 unspecified atom stereocenters. The summed E-state index contributed by atoms with van der Waals surface area (Å²) in [5.41, 5.74) is 3.98. The van der Waals surface area contributed by atoms with Gasteiger partial charge in [-0.1, -0.05) is 54.1 Å². The highest BCUT2D eigenvalue weighted by atomic mass is 35.5. The van der Waals surface area contributed by atoms with Crippen LogP contribution in [-0.4, -0.2) is 36.4 Å². The molecule has 1 atom stereocenters. The van der Waals surface area contributed by atoms with Crippen molar-refractivity contribution < 1.29 is 19.7 Å². The van der Waals surface area contributed by atoms with Crippen molar-refractivity contribution in [3.63, 3.8) is 0 Å². The molecule has 0 amide bonds. The van der Waals surface area contributed by atoms with Crippen LogP contribution in [0.15, 0.2) is 66.7 Å². The molecule has 0 aromatic heterocycles. The highest BCUT2D eigenvalue weighted by Crippen LogP contribution is 2.27. The Kier molecular flexibility index (Phi) is 7.46. The fourth-order valence-electron chi connectivity index (χ4n) is 3.21. The van der Waals surface area contributed by atoms with Crippen LogP contribution in [0.5, 0.6) is 5.75 Å². The summed E-state index contributed by atoms with van der Waals surface area (Å²) in [4.78, 5) is 11.2. The normalized spacial score (nSPS) is 11.8. The molecule has 5 nitrogen and oxygen atoms in total. The van der Waals surface area contributed by atoms with E-state index in [2.05, 4.69) is 5.32 Å². The minimum absolute atomic E-state index is 0.143. The molecule has 0 fully saturated rings. The smallest absolute Gasteiger partial charge is 0.339 e. The molecule has 0 aliphatic carbocycles. The summed E-state index contributed by atoms with van der Waals surface area (Å²) in [7, 11) is 1.46. The van der Waals surface area contributed by atoms with E-state index in [0.29, 0.717) is 17.3 Å². The lowest BCUT2D eigenvalue weighted by Crippen LogP contribution is -2.23. The van der Waals surface area contributed by atoms with Gasteiger partial charge in [0, 0.05) is 11.6 Å². The summed E-state index contributed by atoms with van der Waals surface area (Å²) in [5, 5.41) is 23.3. The van der Waals surface area contributed by atoms with Gasteiger partial charge in [-0.15, -0.1) is 0 Å². The van der Waals surface area contributed by atoms with Crippen LogP contribution in [0, 0.1) is 0 Å². The Labute approximate surface area is 180 Å². The highest BCUT2D eigenvalue weighted by molar-refractivity contribution is 6.30. The largest absolute Gasteiger partial charge is 0.496 e. The summed E-state index contributed by atoms with van der Waals surface area (Å²) >= 11 is 5.96. The summed E-state index contributed by atoms with van der Waals surface area (Å²) in [6, 6.07) is 20.4. The van der Waals surface area contributed by atoms with Gasteiger partial charge < -0.3 is 20.3 Å². The predicted molar refractivity (Wildman–Crippen MR) is 118 cm³/mol. The standard InChI is InChI=1S/C24H24ClNO4/c1-30-23-14-18(9-10-21(23)24(28)29)17-7-5-16(6-8-17)11-12-26-15-22(27)19-3-2-4-20(25)13-19/h2-10,13-14,22,26-27H,11-12,15H2,1H3,(H,28,29)/t22-/m0/s1. The number of aliphatic hydroxyl groups excluding tert-OH is 1. The zero-order chi connectivity index (χ0) is 21.5. The second-order valence-corrected chi connectivity index (χ2v) is 7.38. The number of aromatic carboxylic acids is 1. The Balaban J connectivity index is 1.54. The van der Waals surface area contributed by atoms with E-state index < -0.39 is 12.1 Å². The first-order chi connectivity index (χ1) is 14.5. The molecule has 3 N–H and O–H groups in total. The average Bonchev–Trinajstić information content (AvgIpc) is 2.76. The number of halogens is 1. The molecule has 0 saturated heterocycles. The lowest BCUT2D eigenvalue weighted by Gasteiger charge is -2.13. The lowest BCUT2D eigenvalue weighted by atomic mass is 10.0. The van der Waals surface area contributed by atoms with Gasteiger partial charge in [0.1, 0.15) is 11.3 Å². The number of methoxy groups -OCH3 is 1. The van der Waals surface area contributed by atoms with Crippen molar-refractivity contribution in [2.24, 2.45) is 0 Å². The minimum Gasteiger partial charge on any atom is -0.496 e. The SMILES string of the molecule is COc1cc(-c2ccc(CCNC[C@H](O)c3cccc(Cl)c3)cc2)ccc1C(=O)O. The Hall–Kier alpha value is -2.86. The Morgan fingerprint density at radius 3 is 2.47 bits per heavy atom. The van der Waals surface area contributed by atoms with Crippen LogP contribution in [0.25, 0.3) is 11.1 Å². The van der Waals surface area contributed by atoms with E-state index in [0.717, 1.165) is 35.2 Å². The molecule has 0 heterocycles. The summed E-state index contributed by atoms with van der Waals surface area (Å²) < 4.78 is 5.20. The van der Waals surface area contributed by atoms with Crippen LogP contribution in [-0.2, 0) is 6.42 Å². The van der Waals surface area contributed by atoms with Crippen LogP contribution < -0.4 is 10.1 Å². The Morgan fingerprint density at radius 2 is 1.80 bits per heavy atom. The first-order valence-electron chi connectivity index (χ1n) is 9.63. The number of hydrogen-bond donors (Lipinski definition) is 3. The van der Waals surface area contributed by atoms with Gasteiger partial charge in [0.2, 0.25) is 0 Å². The maximum Gasteiger partial charge on any atom is 0.339 e. The van der Waals surface area contributed by atoms with E-state index >= 15 is 0 Å².